The Morgan fingerprint density at radius 3 is 2.39 bits per heavy atom. The van der Waals surface area contributed by atoms with Gasteiger partial charge in [-0.05, 0) is 74.8 Å². The number of nitrogens with one attached hydrogen (secondary N) is 4. The Morgan fingerprint density at radius 1 is 1.00 bits per heavy atom. The summed E-state index contributed by atoms with van der Waals surface area (Å²) in [5, 5.41) is 11.4. The van der Waals surface area contributed by atoms with Crippen molar-refractivity contribution in [2.45, 2.75) is 91.4 Å². The van der Waals surface area contributed by atoms with Gasteiger partial charge in [0.25, 0.3) is 5.91 Å². The van der Waals surface area contributed by atoms with E-state index >= 15 is 0 Å². The molecule has 1 aliphatic rings. The van der Waals surface area contributed by atoms with Gasteiger partial charge >= 0.3 is 0 Å². The molecule has 5 amide bonds. The van der Waals surface area contributed by atoms with Crippen molar-refractivity contribution in [3.63, 3.8) is 0 Å². The molecule has 0 spiro atoms. The first-order chi connectivity index (χ1) is 24.2. The van der Waals surface area contributed by atoms with Gasteiger partial charge in [-0.3, -0.25) is 24.0 Å². The molecule has 0 fully saturated rings. The Morgan fingerprint density at radius 2 is 1.73 bits per heavy atom. The Labute approximate surface area is 301 Å². The molecule has 0 saturated heterocycles. The highest BCUT2D eigenvalue weighted by molar-refractivity contribution is 6.01. The summed E-state index contributed by atoms with van der Waals surface area (Å²) in [5.74, 6) is -1.25. The van der Waals surface area contributed by atoms with Gasteiger partial charge in [0.1, 0.15) is 30.5 Å². The maximum atomic E-state index is 13.8. The summed E-state index contributed by atoms with van der Waals surface area (Å²) in [6, 6.07) is 8.72. The summed E-state index contributed by atoms with van der Waals surface area (Å²) < 4.78 is 17.0. The number of para-hydroxylation sites is 1. The Hall–Kier alpha value is -4.81. The number of benzene rings is 2. The second-order valence-electron chi connectivity index (χ2n) is 13.6. The highest BCUT2D eigenvalue weighted by Gasteiger charge is 2.35. The molecule has 2 aromatic rings. The lowest BCUT2D eigenvalue weighted by Gasteiger charge is -2.32. The number of methoxy groups -OCH3 is 1. The number of hydrogen-bond donors (Lipinski definition) is 4. The van der Waals surface area contributed by atoms with E-state index in [1.54, 1.807) is 38.3 Å². The van der Waals surface area contributed by atoms with Crippen LogP contribution in [-0.4, -0.2) is 92.5 Å². The van der Waals surface area contributed by atoms with E-state index in [1.165, 1.54) is 11.9 Å². The Bertz CT molecular complexity index is 1510. The second kappa shape index (κ2) is 19.5. The van der Waals surface area contributed by atoms with Gasteiger partial charge in [-0.1, -0.05) is 45.9 Å². The molecule has 0 unspecified atom stereocenters. The first-order valence-electron chi connectivity index (χ1n) is 17.7. The van der Waals surface area contributed by atoms with E-state index in [4.69, 9.17) is 14.2 Å². The van der Waals surface area contributed by atoms with E-state index in [1.807, 2.05) is 52.8 Å². The van der Waals surface area contributed by atoms with Crippen LogP contribution >= 0.6 is 0 Å². The van der Waals surface area contributed by atoms with Crippen LogP contribution in [0.25, 0.3) is 0 Å². The molecule has 2 aromatic carbocycles. The minimum absolute atomic E-state index is 0.0271. The lowest BCUT2D eigenvalue weighted by atomic mass is 9.98. The largest absolute Gasteiger partial charge is 0.493 e. The molecule has 0 aromatic heterocycles. The maximum absolute atomic E-state index is 13.8. The van der Waals surface area contributed by atoms with E-state index < -0.39 is 54.2 Å². The van der Waals surface area contributed by atoms with E-state index in [0.717, 1.165) is 5.56 Å². The van der Waals surface area contributed by atoms with Gasteiger partial charge in [-0.2, -0.15) is 0 Å². The molecule has 4 atom stereocenters. The minimum Gasteiger partial charge on any atom is -0.493 e. The summed E-state index contributed by atoms with van der Waals surface area (Å²) in [6.07, 6.45) is 1.12. The number of carbonyl (C=O) groups excluding carboxylic acids is 5. The van der Waals surface area contributed by atoms with Crippen molar-refractivity contribution >= 4 is 29.5 Å². The molecule has 0 radical (unpaired) electrons. The number of rotatable bonds is 11. The van der Waals surface area contributed by atoms with Crippen LogP contribution in [-0.2, 0) is 25.6 Å². The lowest BCUT2D eigenvalue weighted by Crippen LogP contribution is -2.57. The fraction of sp³-hybridized carbons (Fsp3) is 0.553. The number of nitrogens with zero attached hydrogens (tertiary/aromatic N) is 1. The van der Waals surface area contributed by atoms with Gasteiger partial charge in [-0.15, -0.1) is 0 Å². The summed E-state index contributed by atoms with van der Waals surface area (Å²) in [4.78, 5) is 69.5. The number of carbonyl (C=O) groups is 5. The van der Waals surface area contributed by atoms with Crippen LogP contribution in [0.4, 0.5) is 0 Å². The number of likely N-dealkylation sites (N-methyl/N-ethyl adjacent to an activating group) is 1. The van der Waals surface area contributed by atoms with Crippen LogP contribution in [0, 0.1) is 11.8 Å². The molecule has 13 heteroatoms. The maximum Gasteiger partial charge on any atom is 0.255 e. The minimum atomic E-state index is -1.25. The van der Waals surface area contributed by atoms with Crippen LogP contribution < -0.4 is 35.5 Å². The molecular formula is C38H55N5O8. The first kappa shape index (κ1) is 40.6. The fourth-order valence-corrected chi connectivity index (χ4v) is 5.75. The zero-order valence-electron chi connectivity index (χ0n) is 31.2. The first-order valence-corrected chi connectivity index (χ1v) is 17.7. The van der Waals surface area contributed by atoms with Crippen LogP contribution in [0.2, 0.25) is 0 Å². The summed E-state index contributed by atoms with van der Waals surface area (Å²) in [6.45, 7) is 12.0. The van der Waals surface area contributed by atoms with Crippen molar-refractivity contribution in [2.24, 2.45) is 11.8 Å². The van der Waals surface area contributed by atoms with Gasteiger partial charge in [0, 0.05) is 13.6 Å². The van der Waals surface area contributed by atoms with Crippen molar-refractivity contribution in [2.75, 3.05) is 33.9 Å². The zero-order valence-corrected chi connectivity index (χ0v) is 31.2. The molecule has 280 valence electrons. The normalized spacial score (nSPS) is 20.8. The van der Waals surface area contributed by atoms with Crippen molar-refractivity contribution in [3.05, 3.63) is 53.6 Å². The molecule has 51 heavy (non-hydrogen) atoms. The van der Waals surface area contributed by atoms with Gasteiger partial charge in [-0.25, -0.2) is 0 Å². The Balaban J connectivity index is 1.88. The van der Waals surface area contributed by atoms with Crippen molar-refractivity contribution in [1.29, 1.82) is 0 Å². The highest BCUT2D eigenvalue weighted by Crippen LogP contribution is 2.28. The van der Waals surface area contributed by atoms with Crippen LogP contribution in [0.1, 0.15) is 76.7 Å². The summed E-state index contributed by atoms with van der Waals surface area (Å²) >= 11 is 0. The monoisotopic (exact) mass is 709 g/mol. The number of fused-ring (bicyclic) bond motifs is 1. The average molecular weight is 710 g/mol. The molecular weight excluding hydrogens is 654 g/mol. The number of hydrogen-bond acceptors (Lipinski definition) is 8. The summed E-state index contributed by atoms with van der Waals surface area (Å²) in [7, 11) is 3.08. The average Bonchev–Trinajstić information content (AvgIpc) is 3.09. The standard InChI is InChI=1S/C38H55N5O8/c1-9-50-31-17-16-26(20-32(31)49-8)13-12-18-39-36(46)28-21-33(44)43(7)29(19-23(2)3)37(47)42-34(24(4)5)38(48)40-25(6)22-51-30-15-11-10-14-27(30)35(45)41-28/h10-11,14-17,20,23-25,28-29,34H,9,12-13,18-19,21-22H2,1-8H3,(H,39,46)(H,40,48)(H,41,45)(H,42,47)/t25-,28-,29-,34+/m0/s1. The molecule has 0 bridgehead atoms. The van der Waals surface area contributed by atoms with Gasteiger partial charge in [0.05, 0.1) is 31.7 Å². The molecule has 0 aliphatic carbocycles. The molecule has 1 aliphatic heterocycles. The fourth-order valence-electron chi connectivity index (χ4n) is 5.75. The third-order valence-electron chi connectivity index (χ3n) is 8.58. The predicted molar refractivity (Wildman–Crippen MR) is 194 cm³/mol. The van der Waals surface area contributed by atoms with Crippen LogP contribution in [0.3, 0.4) is 0 Å². The zero-order chi connectivity index (χ0) is 37.7. The van der Waals surface area contributed by atoms with Gasteiger partial charge < -0.3 is 40.4 Å². The van der Waals surface area contributed by atoms with Crippen molar-refractivity contribution in [1.82, 2.24) is 26.2 Å². The third kappa shape index (κ3) is 11.9. The SMILES string of the molecule is CCOc1ccc(CCCNC(=O)[C@@H]2CC(=O)N(C)[C@@H](CC(C)C)C(=O)N[C@H](C(C)C)C(=O)N[C@@H](C)COc3ccccc3C(=O)N2)cc1OC. The quantitative estimate of drug-likeness (QED) is 0.259. The van der Waals surface area contributed by atoms with Crippen molar-refractivity contribution in [3.8, 4) is 17.2 Å². The molecule has 0 saturated carbocycles. The summed E-state index contributed by atoms with van der Waals surface area (Å²) in [5.41, 5.74) is 1.16. The number of aryl methyl sites for hydroxylation is 1. The van der Waals surface area contributed by atoms with E-state index in [9.17, 15) is 24.0 Å². The lowest BCUT2D eigenvalue weighted by molar-refractivity contribution is -0.142. The number of amides is 5. The van der Waals surface area contributed by atoms with E-state index in [-0.39, 0.29) is 42.2 Å². The van der Waals surface area contributed by atoms with E-state index in [0.29, 0.717) is 37.4 Å². The van der Waals surface area contributed by atoms with Gasteiger partial charge in [0.2, 0.25) is 23.6 Å². The predicted octanol–water partition coefficient (Wildman–Crippen LogP) is 3.24. The second-order valence-corrected chi connectivity index (χ2v) is 13.6. The van der Waals surface area contributed by atoms with Crippen LogP contribution in [0.5, 0.6) is 17.2 Å². The van der Waals surface area contributed by atoms with Gasteiger partial charge in [0.15, 0.2) is 11.5 Å². The smallest absolute Gasteiger partial charge is 0.255 e. The van der Waals surface area contributed by atoms with Crippen molar-refractivity contribution < 1.29 is 38.2 Å². The Kier molecular flexibility index (Phi) is 15.6. The molecule has 13 nitrogen and oxygen atoms in total. The third-order valence-corrected chi connectivity index (χ3v) is 8.58. The molecule has 3 rings (SSSR count). The molecule has 1 heterocycles. The van der Waals surface area contributed by atoms with E-state index in [2.05, 4.69) is 21.3 Å². The van der Waals surface area contributed by atoms with Crippen LogP contribution in [0.15, 0.2) is 42.5 Å². The highest BCUT2D eigenvalue weighted by atomic mass is 16.5. The topological polar surface area (TPSA) is 164 Å². The number of ether oxygens (including phenoxy) is 3. The molecule has 4 N–H and O–H groups in total.